The van der Waals surface area contributed by atoms with Crippen LogP contribution in [0.15, 0.2) is 121 Å². The first-order valence-corrected chi connectivity index (χ1v) is 12.4. The first-order chi connectivity index (χ1) is 15.6. The minimum Gasteiger partial charge on any atom is -0.548 e. The molecule has 6 heteroatoms. The zero-order valence-corrected chi connectivity index (χ0v) is 18.3. The van der Waals surface area contributed by atoms with Gasteiger partial charge in [0.1, 0.15) is 5.85 Å². The molecule has 0 amide bonds. The maximum atomic E-state index is 14.6. The third kappa shape index (κ3) is 3.54. The summed E-state index contributed by atoms with van der Waals surface area (Å²) >= 11 is 0. The third-order valence-electron chi connectivity index (χ3n) is 5.96. The van der Waals surface area contributed by atoms with Gasteiger partial charge in [-0.15, -0.1) is 10.9 Å². The predicted molar refractivity (Wildman–Crippen MR) is 128 cm³/mol. The Morgan fingerprint density at radius 2 is 1.12 bits per heavy atom. The highest BCUT2D eigenvalue weighted by molar-refractivity contribution is 7.62. The molecule has 32 heavy (non-hydrogen) atoms. The molecule has 1 fully saturated rings. The van der Waals surface area contributed by atoms with Crippen LogP contribution in [0.25, 0.3) is 0 Å². The average Bonchev–Trinajstić information content (AvgIpc) is 3.21. The van der Waals surface area contributed by atoms with E-state index in [0.717, 1.165) is 10.9 Å². The molecule has 0 bridgehead atoms. The fourth-order valence-electron chi connectivity index (χ4n) is 4.39. The summed E-state index contributed by atoms with van der Waals surface area (Å²) in [4.78, 5) is 0. The Bertz CT molecular complexity index is 1180. The van der Waals surface area contributed by atoms with E-state index in [-0.39, 0.29) is 0 Å². The third-order valence-corrected chi connectivity index (χ3v) is 8.64. The molecular formula is C26H23BO4P-. The molecule has 3 unspecified atom stereocenters. The van der Waals surface area contributed by atoms with Crippen LogP contribution in [0.4, 0.5) is 0 Å². The number of aliphatic hydroxyl groups excluding tert-OH is 1. The monoisotopic (exact) mass is 441 g/mol. The van der Waals surface area contributed by atoms with E-state index in [0.29, 0.717) is 11.1 Å². The minimum atomic E-state index is -3.81. The number of benzene rings is 4. The molecule has 1 aliphatic heterocycles. The molecule has 0 saturated carbocycles. The van der Waals surface area contributed by atoms with Crippen LogP contribution in [0.3, 0.4) is 0 Å². The molecule has 0 spiro atoms. The normalized spacial score (nSPS) is 23.0. The van der Waals surface area contributed by atoms with Crippen LogP contribution in [0, 0.1) is 0 Å². The zero-order valence-electron chi connectivity index (χ0n) is 17.4. The van der Waals surface area contributed by atoms with Gasteiger partial charge in [0.25, 0.3) is 0 Å². The SMILES string of the molecule is O=P1(C(O)c2ccccc2)O[B-](c2ccccc2)(c2ccccc2)OC1c1ccccc1. The lowest BCUT2D eigenvalue weighted by atomic mass is 9.47. The van der Waals surface area contributed by atoms with Gasteiger partial charge in [-0.3, -0.25) is 4.57 Å². The second kappa shape index (κ2) is 8.53. The first-order valence-electron chi connectivity index (χ1n) is 10.6. The number of hydrogen-bond donors (Lipinski definition) is 1. The molecule has 1 aliphatic rings. The average molecular weight is 441 g/mol. The Kier molecular flexibility index (Phi) is 5.58. The lowest BCUT2D eigenvalue weighted by Crippen LogP contribution is -2.60. The Morgan fingerprint density at radius 3 is 1.62 bits per heavy atom. The topological polar surface area (TPSA) is 55.8 Å². The van der Waals surface area contributed by atoms with Crippen LogP contribution < -0.4 is 10.9 Å². The minimum absolute atomic E-state index is 0.535. The fraction of sp³-hybridized carbons (Fsp3) is 0.0769. The van der Waals surface area contributed by atoms with Gasteiger partial charge >= 0.3 is 6.55 Å². The van der Waals surface area contributed by atoms with Crippen LogP contribution in [-0.2, 0) is 13.7 Å². The number of aliphatic hydroxyl groups is 1. The van der Waals surface area contributed by atoms with E-state index >= 15 is 0 Å². The lowest BCUT2D eigenvalue weighted by Gasteiger charge is -2.37. The molecule has 0 aromatic heterocycles. The smallest absolute Gasteiger partial charge is 0.304 e. The lowest BCUT2D eigenvalue weighted by molar-refractivity contribution is 0.229. The summed E-state index contributed by atoms with van der Waals surface area (Å²) in [6.07, 6.45) is 0. The molecule has 1 saturated heterocycles. The van der Waals surface area contributed by atoms with Gasteiger partial charge in [0.15, 0.2) is 5.85 Å². The van der Waals surface area contributed by atoms with Crippen molar-refractivity contribution in [3.05, 3.63) is 132 Å². The highest BCUT2D eigenvalue weighted by Gasteiger charge is 2.54. The van der Waals surface area contributed by atoms with E-state index in [1.165, 1.54) is 0 Å². The van der Waals surface area contributed by atoms with Crippen LogP contribution in [0.5, 0.6) is 0 Å². The summed E-state index contributed by atoms with van der Waals surface area (Å²) in [6, 6.07) is 37.5. The summed E-state index contributed by atoms with van der Waals surface area (Å²) in [5.41, 5.74) is 2.80. The predicted octanol–water partition coefficient (Wildman–Crippen LogP) is 4.96. The van der Waals surface area contributed by atoms with E-state index in [2.05, 4.69) is 0 Å². The first kappa shape index (κ1) is 20.9. The van der Waals surface area contributed by atoms with Crippen molar-refractivity contribution in [1.82, 2.24) is 0 Å². The van der Waals surface area contributed by atoms with Crippen molar-refractivity contribution in [2.75, 3.05) is 0 Å². The Hall–Kier alpha value is -2.95. The summed E-state index contributed by atoms with van der Waals surface area (Å²) in [5.74, 6) is -2.25. The van der Waals surface area contributed by atoms with Crippen LogP contribution in [-0.4, -0.2) is 11.7 Å². The van der Waals surface area contributed by atoms with E-state index in [1.807, 2.05) is 109 Å². The molecule has 4 aromatic rings. The fourth-order valence-corrected chi connectivity index (χ4v) is 7.14. The maximum Gasteiger partial charge on any atom is 0.304 e. The van der Waals surface area contributed by atoms with Gasteiger partial charge in [-0.1, -0.05) is 121 Å². The summed E-state index contributed by atoms with van der Waals surface area (Å²) < 4.78 is 27.8. The Labute approximate surface area is 187 Å². The largest absolute Gasteiger partial charge is 0.548 e. The van der Waals surface area contributed by atoms with Gasteiger partial charge in [0.2, 0.25) is 7.37 Å². The molecule has 160 valence electrons. The van der Waals surface area contributed by atoms with Crippen molar-refractivity contribution >= 4 is 24.8 Å². The Balaban J connectivity index is 1.72. The molecule has 3 atom stereocenters. The van der Waals surface area contributed by atoms with Gasteiger partial charge in [0, 0.05) is 0 Å². The Morgan fingerprint density at radius 1 is 0.688 bits per heavy atom. The van der Waals surface area contributed by atoms with E-state index in [4.69, 9.17) is 9.10 Å². The molecule has 4 nitrogen and oxygen atoms in total. The van der Waals surface area contributed by atoms with Crippen molar-refractivity contribution in [3.8, 4) is 0 Å². The molecule has 0 aliphatic carbocycles. The summed E-state index contributed by atoms with van der Waals surface area (Å²) in [5, 5.41) is 11.4. The molecule has 4 aromatic carbocycles. The van der Waals surface area contributed by atoms with Crippen molar-refractivity contribution < 1.29 is 18.8 Å². The summed E-state index contributed by atoms with van der Waals surface area (Å²) in [7, 11) is -3.81. The van der Waals surface area contributed by atoms with E-state index < -0.39 is 25.6 Å². The zero-order chi connectivity index (χ0) is 22.0. The second-order valence-electron chi connectivity index (χ2n) is 7.97. The second-order valence-corrected chi connectivity index (χ2v) is 10.4. The molecular weight excluding hydrogens is 418 g/mol. The van der Waals surface area contributed by atoms with Crippen LogP contribution in [0.1, 0.15) is 22.8 Å². The van der Waals surface area contributed by atoms with Crippen molar-refractivity contribution in [1.29, 1.82) is 0 Å². The van der Waals surface area contributed by atoms with Crippen molar-refractivity contribution in [2.24, 2.45) is 0 Å². The van der Waals surface area contributed by atoms with Gasteiger partial charge in [-0.25, -0.2) is 0 Å². The van der Waals surface area contributed by atoms with Gasteiger partial charge in [0.05, 0.1) is 0 Å². The van der Waals surface area contributed by atoms with E-state index in [1.54, 1.807) is 12.1 Å². The van der Waals surface area contributed by atoms with Gasteiger partial charge in [-0.05, 0) is 11.1 Å². The maximum absolute atomic E-state index is 14.6. The van der Waals surface area contributed by atoms with Gasteiger partial charge < -0.3 is 14.2 Å². The highest BCUT2D eigenvalue weighted by atomic mass is 31.2. The highest BCUT2D eigenvalue weighted by Crippen LogP contribution is 2.74. The number of hydrogen-bond acceptors (Lipinski definition) is 4. The van der Waals surface area contributed by atoms with Crippen LogP contribution in [0.2, 0.25) is 0 Å². The van der Waals surface area contributed by atoms with Crippen molar-refractivity contribution in [2.45, 2.75) is 11.7 Å². The molecule has 1 heterocycles. The number of rotatable bonds is 5. The quantitative estimate of drug-likeness (QED) is 0.352. The van der Waals surface area contributed by atoms with Crippen molar-refractivity contribution in [3.63, 3.8) is 0 Å². The molecule has 0 radical (unpaired) electrons. The molecule has 5 rings (SSSR count). The van der Waals surface area contributed by atoms with Gasteiger partial charge in [-0.2, -0.15) is 0 Å². The summed E-state index contributed by atoms with van der Waals surface area (Å²) in [6.45, 7) is -2.31. The van der Waals surface area contributed by atoms with E-state index in [9.17, 15) is 9.67 Å². The molecule has 1 N–H and O–H groups in total. The standard InChI is InChI=1S/C26H23BO4P/c28-25(21-13-5-1-6-14-21)32(29)26(22-15-7-2-8-16-22)30-27(31-32,23-17-9-3-10-18-23)24-19-11-4-12-20-24/h1-20,25-26,28H/q-1. The van der Waals surface area contributed by atoms with Crippen LogP contribution >= 0.6 is 7.37 Å².